The Bertz CT molecular complexity index is 830. The lowest BCUT2D eigenvalue weighted by Gasteiger charge is -2.31. The van der Waals surface area contributed by atoms with Gasteiger partial charge in [-0.1, -0.05) is 42.0 Å². The van der Waals surface area contributed by atoms with Gasteiger partial charge in [0.25, 0.3) is 0 Å². The van der Waals surface area contributed by atoms with Crippen LogP contribution in [0.2, 0.25) is 0 Å². The molecule has 0 atom stereocenters. The summed E-state index contributed by atoms with van der Waals surface area (Å²) >= 11 is 0. The van der Waals surface area contributed by atoms with Crippen LogP contribution in [0.4, 0.5) is 9.18 Å². The summed E-state index contributed by atoms with van der Waals surface area (Å²) in [4.78, 5) is 26.3. The van der Waals surface area contributed by atoms with Gasteiger partial charge in [0.05, 0.1) is 0 Å². The molecule has 1 aliphatic heterocycles. The van der Waals surface area contributed by atoms with Crippen LogP contribution in [0.1, 0.15) is 36.0 Å². The summed E-state index contributed by atoms with van der Waals surface area (Å²) in [5, 5.41) is 5.82. The van der Waals surface area contributed by atoms with E-state index in [9.17, 15) is 14.0 Å². The van der Waals surface area contributed by atoms with Gasteiger partial charge in [0.2, 0.25) is 5.91 Å². The van der Waals surface area contributed by atoms with Gasteiger partial charge >= 0.3 is 6.03 Å². The molecule has 2 N–H and O–H groups in total. The number of nitrogens with one attached hydrogen (secondary N) is 2. The highest BCUT2D eigenvalue weighted by Crippen LogP contribution is 2.20. The van der Waals surface area contributed by atoms with Gasteiger partial charge in [-0.15, -0.1) is 0 Å². The van der Waals surface area contributed by atoms with Crippen molar-refractivity contribution in [2.45, 2.75) is 39.3 Å². The largest absolute Gasteiger partial charge is 0.352 e. The minimum atomic E-state index is -0.307. The number of likely N-dealkylation sites (tertiary alicyclic amines) is 1. The minimum absolute atomic E-state index is 0.0552. The highest BCUT2D eigenvalue weighted by atomic mass is 19.1. The van der Waals surface area contributed by atoms with Gasteiger partial charge in [0.1, 0.15) is 5.82 Å². The van der Waals surface area contributed by atoms with Crippen LogP contribution < -0.4 is 10.6 Å². The monoisotopic (exact) mass is 397 g/mol. The van der Waals surface area contributed by atoms with Crippen molar-refractivity contribution < 1.29 is 14.0 Å². The molecule has 1 aliphatic rings. The molecule has 154 valence electrons. The molecule has 5 nitrogen and oxygen atoms in total. The predicted molar refractivity (Wildman–Crippen MR) is 111 cm³/mol. The average Bonchev–Trinajstić information content (AvgIpc) is 2.72. The van der Waals surface area contributed by atoms with E-state index in [-0.39, 0.29) is 17.8 Å². The van der Waals surface area contributed by atoms with Crippen LogP contribution >= 0.6 is 0 Å². The number of nitrogens with zero attached hydrogens (tertiary/aromatic N) is 1. The molecule has 2 aromatic carbocycles. The quantitative estimate of drug-likeness (QED) is 0.780. The Balaban J connectivity index is 1.35. The molecule has 1 fully saturated rings. The third-order valence-electron chi connectivity index (χ3n) is 5.32. The molecule has 3 rings (SSSR count). The lowest BCUT2D eigenvalue weighted by atomic mass is 9.93. The summed E-state index contributed by atoms with van der Waals surface area (Å²) < 4.78 is 13.2. The van der Waals surface area contributed by atoms with Gasteiger partial charge < -0.3 is 15.5 Å². The van der Waals surface area contributed by atoms with Crippen LogP contribution in [0.3, 0.4) is 0 Å². The number of halogens is 1. The van der Waals surface area contributed by atoms with Gasteiger partial charge in [-0.2, -0.15) is 0 Å². The zero-order valence-corrected chi connectivity index (χ0v) is 16.8. The molecule has 0 unspecified atom stereocenters. The number of benzene rings is 2. The average molecular weight is 397 g/mol. The molecule has 1 saturated heterocycles. The van der Waals surface area contributed by atoms with E-state index in [0.717, 1.165) is 24.0 Å². The first-order valence-corrected chi connectivity index (χ1v) is 10.1. The van der Waals surface area contributed by atoms with Crippen LogP contribution in [0.25, 0.3) is 0 Å². The molecular formula is C23H28FN3O2. The zero-order valence-electron chi connectivity index (χ0n) is 16.8. The molecular weight excluding hydrogens is 369 g/mol. The Morgan fingerprint density at radius 2 is 1.69 bits per heavy atom. The Hall–Kier alpha value is -2.89. The Morgan fingerprint density at radius 1 is 1.00 bits per heavy atom. The first-order valence-electron chi connectivity index (χ1n) is 10.1. The number of urea groups is 1. The van der Waals surface area contributed by atoms with Crippen molar-refractivity contribution in [3.63, 3.8) is 0 Å². The molecule has 2 aromatic rings. The summed E-state index contributed by atoms with van der Waals surface area (Å²) in [7, 11) is 0. The van der Waals surface area contributed by atoms with Gasteiger partial charge in [0.15, 0.2) is 0 Å². The standard InChI is InChI=1S/C23H28FN3O2/c1-17-5-7-19(8-6-17)15-25-22(28)14-18-9-11-27(12-10-18)23(29)26-16-20-3-2-4-21(24)13-20/h2-8,13,18H,9-12,14-16H2,1H3,(H,25,28)(H,26,29). The normalized spacial score (nSPS) is 14.5. The second kappa shape index (κ2) is 10.0. The molecule has 1 heterocycles. The summed E-state index contributed by atoms with van der Waals surface area (Å²) in [5.41, 5.74) is 3.03. The Labute approximate surface area is 171 Å². The van der Waals surface area contributed by atoms with Crippen LogP contribution in [0.15, 0.2) is 48.5 Å². The maximum atomic E-state index is 13.2. The number of hydrogen-bond acceptors (Lipinski definition) is 2. The van der Waals surface area contributed by atoms with Crippen molar-refractivity contribution in [2.24, 2.45) is 5.92 Å². The number of rotatable bonds is 6. The number of hydrogen-bond donors (Lipinski definition) is 2. The van der Waals surface area contributed by atoms with E-state index in [2.05, 4.69) is 10.6 Å². The Morgan fingerprint density at radius 3 is 2.38 bits per heavy atom. The second-order valence-corrected chi connectivity index (χ2v) is 7.69. The summed E-state index contributed by atoms with van der Waals surface area (Å²) in [6.07, 6.45) is 2.11. The van der Waals surface area contributed by atoms with E-state index < -0.39 is 0 Å². The van der Waals surface area contributed by atoms with Crippen molar-refractivity contribution >= 4 is 11.9 Å². The smallest absolute Gasteiger partial charge is 0.317 e. The fraction of sp³-hybridized carbons (Fsp3) is 0.391. The second-order valence-electron chi connectivity index (χ2n) is 7.69. The van der Waals surface area contributed by atoms with Gasteiger partial charge in [-0.05, 0) is 48.9 Å². The van der Waals surface area contributed by atoms with Gasteiger partial charge in [-0.25, -0.2) is 9.18 Å². The van der Waals surface area contributed by atoms with Crippen LogP contribution in [0, 0.1) is 18.7 Å². The van der Waals surface area contributed by atoms with E-state index >= 15 is 0 Å². The van der Waals surface area contributed by atoms with E-state index in [1.807, 2.05) is 31.2 Å². The summed E-state index contributed by atoms with van der Waals surface area (Å²) in [5.74, 6) is 0.0399. The predicted octanol–water partition coefficient (Wildman–Crippen LogP) is 3.76. The summed E-state index contributed by atoms with van der Waals surface area (Å²) in [6.45, 7) is 4.14. The molecule has 0 spiro atoms. The van der Waals surface area contributed by atoms with Crippen LogP contribution in [0.5, 0.6) is 0 Å². The van der Waals surface area contributed by atoms with E-state index in [1.165, 1.54) is 17.7 Å². The van der Waals surface area contributed by atoms with Crippen molar-refractivity contribution in [3.8, 4) is 0 Å². The fourth-order valence-electron chi connectivity index (χ4n) is 3.52. The van der Waals surface area contributed by atoms with Crippen LogP contribution in [-0.2, 0) is 17.9 Å². The maximum Gasteiger partial charge on any atom is 0.317 e. The highest BCUT2D eigenvalue weighted by Gasteiger charge is 2.24. The topological polar surface area (TPSA) is 61.4 Å². The SMILES string of the molecule is Cc1ccc(CNC(=O)CC2CCN(C(=O)NCc3cccc(F)c3)CC2)cc1. The van der Waals surface area contributed by atoms with E-state index in [1.54, 1.807) is 17.0 Å². The van der Waals surface area contributed by atoms with Gasteiger partial charge in [-0.3, -0.25) is 4.79 Å². The lowest BCUT2D eigenvalue weighted by molar-refractivity contribution is -0.122. The zero-order chi connectivity index (χ0) is 20.6. The van der Waals surface area contributed by atoms with Crippen molar-refractivity contribution in [2.75, 3.05) is 13.1 Å². The van der Waals surface area contributed by atoms with E-state index in [0.29, 0.717) is 38.5 Å². The van der Waals surface area contributed by atoms with Crippen molar-refractivity contribution in [1.29, 1.82) is 0 Å². The van der Waals surface area contributed by atoms with Crippen molar-refractivity contribution in [1.82, 2.24) is 15.5 Å². The third-order valence-corrected chi connectivity index (χ3v) is 5.32. The number of aryl methyl sites for hydroxylation is 1. The lowest BCUT2D eigenvalue weighted by Crippen LogP contribution is -2.44. The molecule has 3 amide bonds. The molecule has 6 heteroatoms. The van der Waals surface area contributed by atoms with E-state index in [4.69, 9.17) is 0 Å². The number of piperidine rings is 1. The summed E-state index contributed by atoms with van der Waals surface area (Å²) in [6, 6.07) is 14.2. The molecule has 0 aliphatic carbocycles. The maximum absolute atomic E-state index is 13.2. The molecule has 29 heavy (non-hydrogen) atoms. The third kappa shape index (κ3) is 6.59. The van der Waals surface area contributed by atoms with Crippen molar-refractivity contribution in [3.05, 3.63) is 71.0 Å². The first-order chi connectivity index (χ1) is 14.0. The minimum Gasteiger partial charge on any atom is -0.352 e. The number of amides is 3. The fourth-order valence-corrected chi connectivity index (χ4v) is 3.52. The number of carbonyl (C=O) groups excluding carboxylic acids is 2. The number of carbonyl (C=O) groups is 2. The Kier molecular flexibility index (Phi) is 7.22. The van der Waals surface area contributed by atoms with Crippen LogP contribution in [-0.4, -0.2) is 29.9 Å². The molecule has 0 saturated carbocycles. The first kappa shape index (κ1) is 20.8. The highest BCUT2D eigenvalue weighted by molar-refractivity contribution is 5.76. The molecule has 0 bridgehead atoms. The molecule has 0 aromatic heterocycles. The molecule has 0 radical (unpaired) electrons. The van der Waals surface area contributed by atoms with Gasteiger partial charge in [0, 0.05) is 32.6 Å².